The Kier molecular flexibility index (Phi) is 2.48. The van der Waals surface area contributed by atoms with Crippen LogP contribution in [-0.2, 0) is 0 Å². The highest BCUT2D eigenvalue weighted by atomic mass is 16.2. The highest BCUT2D eigenvalue weighted by molar-refractivity contribution is 6.05. The Labute approximate surface area is 129 Å². The predicted molar refractivity (Wildman–Crippen MR) is 83.7 cm³/mol. The number of carbonyl (C=O) groups excluding carboxylic acids is 1. The third kappa shape index (κ3) is 1.63. The number of carbonyl (C=O) groups is 1. The minimum Gasteiger partial charge on any atom is -0.328 e. The number of H-pyrrole nitrogens is 1. The summed E-state index contributed by atoms with van der Waals surface area (Å²) in [4.78, 5) is 17.8. The van der Waals surface area contributed by atoms with E-state index >= 15 is 0 Å². The van der Waals surface area contributed by atoms with E-state index < -0.39 is 0 Å². The third-order valence-electron chi connectivity index (χ3n) is 5.76. The van der Waals surface area contributed by atoms with Gasteiger partial charge in [0.2, 0.25) is 0 Å². The van der Waals surface area contributed by atoms with Crippen LogP contribution in [-0.4, -0.2) is 57.6 Å². The lowest BCUT2D eigenvalue weighted by atomic mass is 9.93. The number of benzene rings is 1. The molecule has 0 radical (unpaired) electrons. The largest absolute Gasteiger partial charge is 0.328 e. The zero-order chi connectivity index (χ0) is 14.8. The SMILES string of the molecule is Cc1ccc2c(C(=O)N3[C@H]4C[C@@H]5CCN(C4)C[C@@H]53)n[nH]c2c1. The van der Waals surface area contributed by atoms with Crippen LogP contribution in [0.15, 0.2) is 18.2 Å². The van der Waals surface area contributed by atoms with E-state index in [-0.39, 0.29) is 5.91 Å². The fourth-order valence-electron chi connectivity index (χ4n) is 4.73. The molecule has 1 amide bonds. The summed E-state index contributed by atoms with van der Waals surface area (Å²) in [5, 5.41) is 8.32. The summed E-state index contributed by atoms with van der Waals surface area (Å²) in [5.41, 5.74) is 2.73. The standard InChI is InChI=1S/C17H20N4O/c1-10-2-3-13-14(6-10)18-19-16(13)17(22)21-12-7-11-4-5-20(8-12)9-15(11)21/h2-3,6,11-12,15H,4-5,7-9H2,1H3,(H,18,19)/t11-,12-,15-/m0/s1. The number of hydrogen-bond donors (Lipinski definition) is 1. The van der Waals surface area contributed by atoms with Crippen molar-refractivity contribution in [2.45, 2.75) is 31.8 Å². The van der Waals surface area contributed by atoms with Gasteiger partial charge in [-0.3, -0.25) is 14.8 Å². The monoisotopic (exact) mass is 296 g/mol. The molecule has 5 heteroatoms. The van der Waals surface area contributed by atoms with Crippen molar-refractivity contribution in [2.75, 3.05) is 19.6 Å². The molecule has 5 rings (SSSR count). The lowest BCUT2D eigenvalue weighted by Crippen LogP contribution is -2.58. The van der Waals surface area contributed by atoms with Gasteiger partial charge in [0.15, 0.2) is 5.69 Å². The van der Waals surface area contributed by atoms with E-state index in [9.17, 15) is 4.79 Å². The molecule has 0 saturated carbocycles. The minimum atomic E-state index is 0.120. The molecule has 4 atom stereocenters. The lowest BCUT2D eigenvalue weighted by molar-refractivity contribution is 0.0258. The molecule has 5 nitrogen and oxygen atoms in total. The van der Waals surface area contributed by atoms with Crippen molar-refractivity contribution < 1.29 is 4.79 Å². The van der Waals surface area contributed by atoms with Crippen LogP contribution in [0.3, 0.4) is 0 Å². The summed E-state index contributed by atoms with van der Waals surface area (Å²) in [6.07, 6.45) is 2.42. The molecule has 1 N–H and O–H groups in total. The second-order valence-corrected chi connectivity index (χ2v) is 7.10. The van der Waals surface area contributed by atoms with E-state index in [1.54, 1.807) is 0 Å². The number of aryl methyl sites for hydroxylation is 1. The number of nitrogens with zero attached hydrogens (tertiary/aromatic N) is 3. The molecular formula is C17H20N4O. The first-order valence-corrected chi connectivity index (χ1v) is 8.20. The summed E-state index contributed by atoms with van der Waals surface area (Å²) in [6, 6.07) is 6.90. The first kappa shape index (κ1) is 12.6. The number of nitrogens with one attached hydrogen (secondary N) is 1. The molecule has 3 saturated heterocycles. The minimum absolute atomic E-state index is 0.120. The fourth-order valence-corrected chi connectivity index (χ4v) is 4.73. The Balaban J connectivity index is 1.54. The van der Waals surface area contributed by atoms with Crippen LogP contribution in [0.4, 0.5) is 0 Å². The van der Waals surface area contributed by atoms with Gasteiger partial charge < -0.3 is 4.90 Å². The highest BCUT2D eigenvalue weighted by Gasteiger charge is 2.51. The average Bonchev–Trinajstić information content (AvgIpc) is 2.95. The molecule has 22 heavy (non-hydrogen) atoms. The lowest BCUT2D eigenvalue weighted by Gasteiger charge is -2.44. The second kappa shape index (κ2) is 4.32. The molecule has 2 aromatic rings. The summed E-state index contributed by atoms with van der Waals surface area (Å²) in [7, 11) is 0. The number of aromatic amines is 1. The second-order valence-electron chi connectivity index (χ2n) is 7.10. The molecular weight excluding hydrogens is 276 g/mol. The maximum atomic E-state index is 13.1. The Morgan fingerprint density at radius 2 is 2.27 bits per heavy atom. The molecule has 114 valence electrons. The van der Waals surface area contributed by atoms with Gasteiger partial charge in [0, 0.05) is 30.6 Å². The summed E-state index contributed by atoms with van der Waals surface area (Å²) in [5.74, 6) is 0.814. The number of aromatic nitrogens is 2. The van der Waals surface area contributed by atoms with E-state index in [1.165, 1.54) is 24.9 Å². The maximum absolute atomic E-state index is 13.1. The van der Waals surface area contributed by atoms with Crippen molar-refractivity contribution in [2.24, 2.45) is 5.92 Å². The molecule has 4 heterocycles. The van der Waals surface area contributed by atoms with Gasteiger partial charge in [-0.05, 0) is 43.9 Å². The first-order chi connectivity index (χ1) is 10.7. The normalized spacial score (nSPS) is 32.9. The quantitative estimate of drug-likeness (QED) is 0.873. The number of fused-ring (bicyclic) bond motifs is 3. The van der Waals surface area contributed by atoms with E-state index in [4.69, 9.17) is 0 Å². The van der Waals surface area contributed by atoms with Crippen LogP contribution in [0.25, 0.3) is 10.9 Å². The number of piperidine rings is 1. The molecule has 3 aliphatic heterocycles. The highest BCUT2D eigenvalue weighted by Crippen LogP contribution is 2.41. The maximum Gasteiger partial charge on any atom is 0.275 e. The van der Waals surface area contributed by atoms with Crippen molar-refractivity contribution in [1.82, 2.24) is 20.0 Å². The van der Waals surface area contributed by atoms with Gasteiger partial charge >= 0.3 is 0 Å². The van der Waals surface area contributed by atoms with E-state index in [2.05, 4.69) is 33.0 Å². The topological polar surface area (TPSA) is 52.2 Å². The van der Waals surface area contributed by atoms with E-state index in [0.717, 1.165) is 24.0 Å². The van der Waals surface area contributed by atoms with Crippen molar-refractivity contribution in [3.05, 3.63) is 29.5 Å². The number of hydrogen-bond acceptors (Lipinski definition) is 3. The number of piperazine rings is 1. The van der Waals surface area contributed by atoms with Gasteiger partial charge in [-0.25, -0.2) is 0 Å². The smallest absolute Gasteiger partial charge is 0.275 e. The van der Waals surface area contributed by atoms with Gasteiger partial charge in [0.25, 0.3) is 5.91 Å². The van der Waals surface area contributed by atoms with Crippen molar-refractivity contribution in [3.8, 4) is 0 Å². The van der Waals surface area contributed by atoms with Gasteiger partial charge in [-0.15, -0.1) is 0 Å². The predicted octanol–water partition coefficient (Wildman–Crippen LogP) is 1.79. The Hall–Kier alpha value is -1.88. The molecule has 3 bridgehead atoms. The molecule has 1 unspecified atom stereocenters. The summed E-state index contributed by atoms with van der Waals surface area (Å²) in [6.45, 7) is 5.36. The van der Waals surface area contributed by atoms with Crippen LogP contribution in [0, 0.1) is 12.8 Å². The van der Waals surface area contributed by atoms with Crippen LogP contribution in [0.1, 0.15) is 28.9 Å². The first-order valence-electron chi connectivity index (χ1n) is 8.20. The van der Waals surface area contributed by atoms with Crippen LogP contribution in [0.5, 0.6) is 0 Å². The van der Waals surface area contributed by atoms with Crippen molar-refractivity contribution in [3.63, 3.8) is 0 Å². The molecule has 3 fully saturated rings. The zero-order valence-electron chi connectivity index (χ0n) is 12.7. The Morgan fingerprint density at radius 3 is 3.18 bits per heavy atom. The van der Waals surface area contributed by atoms with Crippen LogP contribution in [0.2, 0.25) is 0 Å². The van der Waals surface area contributed by atoms with Gasteiger partial charge in [0.1, 0.15) is 0 Å². The summed E-state index contributed by atoms with van der Waals surface area (Å²) >= 11 is 0. The van der Waals surface area contributed by atoms with Crippen molar-refractivity contribution >= 4 is 16.8 Å². The Bertz CT molecular complexity index is 763. The third-order valence-corrected chi connectivity index (χ3v) is 5.76. The van der Waals surface area contributed by atoms with Crippen LogP contribution < -0.4 is 0 Å². The summed E-state index contributed by atoms with van der Waals surface area (Å²) < 4.78 is 0. The molecule has 1 aromatic heterocycles. The molecule has 1 aromatic carbocycles. The van der Waals surface area contributed by atoms with E-state index in [1.807, 2.05) is 12.1 Å². The molecule has 0 spiro atoms. The molecule has 0 aliphatic carbocycles. The fraction of sp³-hybridized carbons (Fsp3) is 0.529. The number of amides is 1. The molecule has 3 aliphatic rings. The van der Waals surface area contributed by atoms with Gasteiger partial charge in [0.05, 0.1) is 5.52 Å². The van der Waals surface area contributed by atoms with Gasteiger partial charge in [-0.2, -0.15) is 5.10 Å². The van der Waals surface area contributed by atoms with Crippen molar-refractivity contribution in [1.29, 1.82) is 0 Å². The van der Waals surface area contributed by atoms with Crippen LogP contribution >= 0.6 is 0 Å². The number of rotatable bonds is 1. The average molecular weight is 296 g/mol. The Morgan fingerprint density at radius 1 is 1.36 bits per heavy atom. The zero-order valence-corrected chi connectivity index (χ0v) is 12.7. The van der Waals surface area contributed by atoms with E-state index in [0.29, 0.717) is 23.7 Å². The van der Waals surface area contributed by atoms with Gasteiger partial charge in [-0.1, -0.05) is 12.1 Å².